The summed E-state index contributed by atoms with van der Waals surface area (Å²) in [5, 5.41) is 2.64. The minimum Gasteiger partial charge on any atom is -0.464 e. The van der Waals surface area contributed by atoms with Crippen LogP contribution in [0.15, 0.2) is 12.1 Å². The van der Waals surface area contributed by atoms with E-state index in [9.17, 15) is 9.59 Å². The van der Waals surface area contributed by atoms with Gasteiger partial charge in [0, 0.05) is 0 Å². The van der Waals surface area contributed by atoms with Gasteiger partial charge >= 0.3 is 12.1 Å². The van der Waals surface area contributed by atoms with E-state index in [1.54, 1.807) is 27.7 Å². The van der Waals surface area contributed by atoms with Gasteiger partial charge in [-0.1, -0.05) is 17.7 Å². The van der Waals surface area contributed by atoms with E-state index in [0.717, 1.165) is 22.3 Å². The van der Waals surface area contributed by atoms with Gasteiger partial charge in [-0.3, -0.25) is 0 Å². The van der Waals surface area contributed by atoms with Crippen LogP contribution in [0.4, 0.5) is 4.79 Å². The number of ether oxygens (including phenoxy) is 2. The number of alkyl carbamates (subject to hydrolysis) is 1. The second-order valence-corrected chi connectivity index (χ2v) is 6.64. The summed E-state index contributed by atoms with van der Waals surface area (Å²) in [4.78, 5) is 24.4. The first-order chi connectivity index (χ1) is 10.5. The predicted octanol–water partition coefficient (Wildman–Crippen LogP) is 3.74. The number of rotatable bonds is 4. The first-order valence-electron chi connectivity index (χ1n) is 7.79. The summed E-state index contributed by atoms with van der Waals surface area (Å²) in [6.45, 7) is 13.1. The lowest BCUT2D eigenvalue weighted by molar-refractivity contribution is -0.145. The summed E-state index contributed by atoms with van der Waals surface area (Å²) in [6.07, 6.45) is -0.644. The molecule has 0 saturated carbocycles. The maximum absolute atomic E-state index is 12.3. The van der Waals surface area contributed by atoms with Crippen molar-refractivity contribution < 1.29 is 19.1 Å². The van der Waals surface area contributed by atoms with Crippen molar-refractivity contribution in [1.82, 2.24) is 5.32 Å². The largest absolute Gasteiger partial charge is 0.464 e. The number of esters is 1. The zero-order valence-electron chi connectivity index (χ0n) is 15.1. The molecule has 1 N–H and O–H groups in total. The van der Waals surface area contributed by atoms with Crippen LogP contribution >= 0.6 is 0 Å². The summed E-state index contributed by atoms with van der Waals surface area (Å²) in [5.41, 5.74) is 3.07. The van der Waals surface area contributed by atoms with Crippen LogP contribution in [-0.2, 0) is 14.3 Å². The second-order valence-electron chi connectivity index (χ2n) is 6.64. The molecule has 0 saturated heterocycles. The van der Waals surface area contributed by atoms with Gasteiger partial charge in [0.1, 0.15) is 5.60 Å². The standard InChI is InChI=1S/C18H27NO4/c1-8-22-16(20)15(19-17(21)23-18(5,6)7)14-12(3)9-11(2)10-13(14)4/h9-10,15H,8H2,1-7H3,(H,19,21). The molecule has 23 heavy (non-hydrogen) atoms. The third-order valence-electron chi connectivity index (χ3n) is 3.21. The topological polar surface area (TPSA) is 64.6 Å². The molecule has 128 valence electrons. The summed E-state index contributed by atoms with van der Waals surface area (Å²) < 4.78 is 10.4. The highest BCUT2D eigenvalue weighted by molar-refractivity contribution is 5.83. The molecule has 0 radical (unpaired) electrons. The van der Waals surface area contributed by atoms with Crippen molar-refractivity contribution in [2.45, 2.75) is 60.1 Å². The smallest absolute Gasteiger partial charge is 0.408 e. The number of carbonyl (C=O) groups excluding carboxylic acids is 2. The molecule has 0 aliphatic carbocycles. The highest BCUT2D eigenvalue weighted by Crippen LogP contribution is 2.25. The van der Waals surface area contributed by atoms with Gasteiger partial charge in [0.2, 0.25) is 0 Å². The summed E-state index contributed by atoms with van der Waals surface area (Å²) in [7, 11) is 0. The van der Waals surface area contributed by atoms with Gasteiger partial charge in [-0.05, 0) is 65.2 Å². The van der Waals surface area contributed by atoms with Gasteiger partial charge < -0.3 is 14.8 Å². The number of benzene rings is 1. The fraction of sp³-hybridized carbons (Fsp3) is 0.556. The zero-order chi connectivity index (χ0) is 17.8. The van der Waals surface area contributed by atoms with Gasteiger partial charge in [0.25, 0.3) is 0 Å². The lowest BCUT2D eigenvalue weighted by atomic mass is 9.94. The van der Waals surface area contributed by atoms with Crippen LogP contribution in [0.1, 0.15) is 56.0 Å². The number of aryl methyl sites for hydroxylation is 3. The van der Waals surface area contributed by atoms with E-state index >= 15 is 0 Å². The van der Waals surface area contributed by atoms with E-state index in [4.69, 9.17) is 9.47 Å². The third kappa shape index (κ3) is 5.58. The van der Waals surface area contributed by atoms with Crippen molar-refractivity contribution in [3.63, 3.8) is 0 Å². The molecule has 1 unspecified atom stereocenters. The summed E-state index contributed by atoms with van der Waals surface area (Å²) in [6, 6.07) is 3.07. The minimum atomic E-state index is -0.884. The van der Waals surface area contributed by atoms with Crippen molar-refractivity contribution in [2.24, 2.45) is 0 Å². The Morgan fingerprint density at radius 3 is 2.09 bits per heavy atom. The van der Waals surface area contributed by atoms with Crippen LogP contribution in [0.2, 0.25) is 0 Å². The molecule has 5 nitrogen and oxygen atoms in total. The Balaban J connectivity index is 3.17. The molecule has 0 spiro atoms. The predicted molar refractivity (Wildman–Crippen MR) is 89.4 cm³/mol. The van der Waals surface area contributed by atoms with Gasteiger partial charge in [0.05, 0.1) is 6.61 Å². The van der Waals surface area contributed by atoms with Gasteiger partial charge in [-0.2, -0.15) is 0 Å². The maximum Gasteiger partial charge on any atom is 0.408 e. The van der Waals surface area contributed by atoms with Gasteiger partial charge in [-0.25, -0.2) is 9.59 Å². The first-order valence-corrected chi connectivity index (χ1v) is 7.79. The molecule has 0 aromatic heterocycles. The SMILES string of the molecule is CCOC(=O)C(NC(=O)OC(C)(C)C)c1c(C)cc(C)cc1C. The van der Waals surface area contributed by atoms with Crippen LogP contribution in [0.5, 0.6) is 0 Å². The molecule has 1 atom stereocenters. The van der Waals surface area contributed by atoms with Crippen LogP contribution in [0, 0.1) is 20.8 Å². The van der Waals surface area contributed by atoms with Crippen molar-refractivity contribution in [2.75, 3.05) is 6.61 Å². The van der Waals surface area contributed by atoms with Crippen LogP contribution < -0.4 is 5.32 Å². The Bertz CT molecular complexity index is 564. The lowest BCUT2D eigenvalue weighted by Crippen LogP contribution is -2.39. The summed E-state index contributed by atoms with van der Waals surface area (Å²) >= 11 is 0. The highest BCUT2D eigenvalue weighted by Gasteiger charge is 2.29. The number of hydrogen-bond acceptors (Lipinski definition) is 4. The molecule has 0 aliphatic rings. The highest BCUT2D eigenvalue weighted by atomic mass is 16.6. The van der Waals surface area contributed by atoms with Crippen LogP contribution in [0.25, 0.3) is 0 Å². The van der Waals surface area contributed by atoms with Crippen molar-refractivity contribution in [3.05, 3.63) is 34.4 Å². The lowest BCUT2D eigenvalue weighted by Gasteiger charge is -2.25. The monoisotopic (exact) mass is 321 g/mol. The fourth-order valence-electron chi connectivity index (χ4n) is 2.55. The molecule has 0 aliphatic heterocycles. The quantitative estimate of drug-likeness (QED) is 0.858. The Labute approximate surface area is 138 Å². The van der Waals surface area contributed by atoms with E-state index < -0.39 is 23.7 Å². The minimum absolute atomic E-state index is 0.245. The number of hydrogen-bond donors (Lipinski definition) is 1. The van der Waals surface area contributed by atoms with E-state index in [1.165, 1.54) is 0 Å². The normalized spacial score (nSPS) is 12.5. The van der Waals surface area contributed by atoms with E-state index in [0.29, 0.717) is 0 Å². The van der Waals surface area contributed by atoms with E-state index in [1.807, 2.05) is 32.9 Å². The fourth-order valence-corrected chi connectivity index (χ4v) is 2.55. The van der Waals surface area contributed by atoms with Crippen molar-refractivity contribution >= 4 is 12.1 Å². The van der Waals surface area contributed by atoms with E-state index in [2.05, 4.69) is 5.32 Å². The van der Waals surface area contributed by atoms with Gasteiger partial charge in [-0.15, -0.1) is 0 Å². The summed E-state index contributed by atoms with van der Waals surface area (Å²) in [5.74, 6) is -0.492. The van der Waals surface area contributed by atoms with Crippen LogP contribution in [0.3, 0.4) is 0 Å². The Morgan fingerprint density at radius 1 is 1.13 bits per heavy atom. The van der Waals surface area contributed by atoms with Crippen molar-refractivity contribution in [1.29, 1.82) is 0 Å². The average Bonchev–Trinajstić information content (AvgIpc) is 2.34. The molecule has 5 heteroatoms. The molecule has 0 heterocycles. The molecular formula is C18H27NO4. The molecule has 1 amide bonds. The molecule has 0 fully saturated rings. The van der Waals surface area contributed by atoms with E-state index in [-0.39, 0.29) is 6.61 Å². The maximum atomic E-state index is 12.3. The third-order valence-corrected chi connectivity index (χ3v) is 3.21. The number of carbonyl (C=O) groups is 2. The second kappa shape index (κ2) is 7.49. The number of amides is 1. The Kier molecular flexibility index (Phi) is 6.19. The number of nitrogens with one attached hydrogen (secondary N) is 1. The Morgan fingerprint density at radius 2 is 1.65 bits per heavy atom. The molecule has 0 bridgehead atoms. The van der Waals surface area contributed by atoms with Gasteiger partial charge in [0.15, 0.2) is 6.04 Å². The Hall–Kier alpha value is -2.04. The molecule has 1 rings (SSSR count). The first kappa shape index (κ1) is 19.0. The molecular weight excluding hydrogens is 294 g/mol. The molecule has 1 aromatic rings. The van der Waals surface area contributed by atoms with Crippen LogP contribution in [-0.4, -0.2) is 24.3 Å². The van der Waals surface area contributed by atoms with Crippen molar-refractivity contribution in [3.8, 4) is 0 Å². The molecule has 1 aromatic carbocycles. The average molecular weight is 321 g/mol. The zero-order valence-corrected chi connectivity index (χ0v) is 15.1.